The Morgan fingerprint density at radius 1 is 1.60 bits per heavy atom. The van der Waals surface area contributed by atoms with Crippen LogP contribution in [-0.4, -0.2) is 28.0 Å². The largest absolute Gasteiger partial charge is 1.00 e. The summed E-state index contributed by atoms with van der Waals surface area (Å²) in [5.41, 5.74) is 9.78. The van der Waals surface area contributed by atoms with Crippen LogP contribution in [0.25, 0.3) is 5.73 Å². The maximum Gasteiger partial charge on any atom is 1.00 e. The van der Waals surface area contributed by atoms with Crippen molar-refractivity contribution in [2.75, 3.05) is 5.75 Å². The molecule has 2 aliphatic heterocycles. The van der Waals surface area contributed by atoms with E-state index in [9.17, 15) is 4.79 Å². The molecule has 0 bridgehead atoms. The van der Waals surface area contributed by atoms with Gasteiger partial charge in [0.25, 0.3) is 0 Å². The Morgan fingerprint density at radius 3 is 2.73 bits per heavy atom. The number of carbonyl (C=O) groups is 1. The molecule has 1 N–H and O–H groups in total. The Kier molecular flexibility index (Phi) is 8.56. The van der Waals surface area contributed by atoms with Gasteiger partial charge < -0.3 is 10.6 Å². The van der Waals surface area contributed by atoms with Crippen LogP contribution in [0.3, 0.4) is 0 Å². The molecular formula is C9H12AcN2ORbS-. The van der Waals surface area contributed by atoms with Gasteiger partial charge in [0.15, 0.2) is 5.91 Å². The van der Waals surface area contributed by atoms with Crippen LogP contribution in [0.5, 0.6) is 0 Å². The van der Waals surface area contributed by atoms with Gasteiger partial charge in [0.05, 0.1) is 5.37 Å². The minimum Gasteiger partial charge on any atom is -0.664 e. The van der Waals surface area contributed by atoms with Crippen LogP contribution in [0.2, 0.25) is 0 Å². The standard InChI is InChI=1S/C9H12N2OS.Ac.Rb/c1-3-6-4-13-9-7(10)8(12)11(9)5(6)2;;/h3,7,9-10H,4H2,1-2H3;;/q-2;;+1/t7-,9-;;/m1../s1. The summed E-state index contributed by atoms with van der Waals surface area (Å²) in [7, 11) is 0. The van der Waals surface area contributed by atoms with Crippen LogP contribution in [0.1, 0.15) is 13.8 Å². The molecule has 1 fully saturated rings. The van der Waals surface area contributed by atoms with E-state index >= 15 is 0 Å². The van der Waals surface area contributed by atoms with Gasteiger partial charge in [-0.3, -0.25) is 4.79 Å². The Balaban J connectivity index is 0.000000980. The summed E-state index contributed by atoms with van der Waals surface area (Å²) in [6.45, 7) is 3.95. The van der Waals surface area contributed by atoms with Gasteiger partial charge in [0, 0.05) is 44.1 Å². The van der Waals surface area contributed by atoms with E-state index in [1.165, 1.54) is 5.57 Å². The average Bonchev–Trinajstić information content (AvgIpc) is 2.16. The number of allylic oxidation sites excluding steroid dienone is 1. The SMILES string of the molecule is C[CH-]C1=C(C)N2C(=O)[C@@H]([NH-])[C@H]2SC1.[Ac].[Rb+]. The van der Waals surface area contributed by atoms with Crippen molar-refractivity contribution in [3.8, 4) is 0 Å². The fourth-order valence-corrected chi connectivity index (χ4v) is 3.16. The Bertz CT molecular complexity index is 298. The van der Waals surface area contributed by atoms with Gasteiger partial charge in [0.2, 0.25) is 0 Å². The predicted octanol–water partition coefficient (Wildman–Crippen LogP) is -1.18. The van der Waals surface area contributed by atoms with Gasteiger partial charge in [-0.05, 0) is 11.8 Å². The van der Waals surface area contributed by atoms with Crippen molar-refractivity contribution in [3.05, 3.63) is 23.4 Å². The minimum absolute atomic E-state index is 0. The van der Waals surface area contributed by atoms with Gasteiger partial charge in [-0.15, -0.1) is 24.4 Å². The first-order valence-electron chi connectivity index (χ1n) is 4.31. The molecule has 0 aliphatic carbocycles. The van der Waals surface area contributed by atoms with E-state index in [2.05, 4.69) is 0 Å². The molecule has 6 heteroatoms. The van der Waals surface area contributed by atoms with Crippen molar-refractivity contribution in [1.82, 2.24) is 4.90 Å². The molecule has 3 nitrogen and oxygen atoms in total. The predicted molar refractivity (Wildman–Crippen MR) is 53.9 cm³/mol. The monoisotopic (exact) mass is 508 g/mol. The molecule has 0 spiro atoms. The molecule has 2 atom stereocenters. The first-order chi connectivity index (χ1) is 6.16. The fourth-order valence-electron chi connectivity index (χ4n) is 1.72. The van der Waals surface area contributed by atoms with E-state index in [0.717, 1.165) is 11.4 Å². The summed E-state index contributed by atoms with van der Waals surface area (Å²) in [6.07, 6.45) is 2.04. The normalized spacial score (nSPS) is 28.5. The summed E-state index contributed by atoms with van der Waals surface area (Å²) in [6, 6.07) is -0.529. The van der Waals surface area contributed by atoms with E-state index in [1.807, 2.05) is 20.3 Å². The fraction of sp³-hybridized carbons (Fsp3) is 0.556. The summed E-state index contributed by atoms with van der Waals surface area (Å²) in [5.74, 6) is 0.889. The van der Waals surface area contributed by atoms with E-state index in [0.29, 0.717) is 0 Å². The Morgan fingerprint density at radius 2 is 2.20 bits per heavy atom. The zero-order chi connectivity index (χ0) is 9.59. The summed E-state index contributed by atoms with van der Waals surface area (Å²) < 4.78 is 0. The second-order valence-electron chi connectivity index (χ2n) is 3.29. The molecule has 1 radical (unpaired) electrons. The maximum atomic E-state index is 11.3. The molecule has 2 heterocycles. The third kappa shape index (κ3) is 3.15. The molecule has 2 rings (SSSR count). The quantitative estimate of drug-likeness (QED) is 0.331. The van der Waals surface area contributed by atoms with Gasteiger partial charge in [-0.2, -0.15) is 5.57 Å². The van der Waals surface area contributed by atoms with Crippen LogP contribution in [0.4, 0.5) is 0 Å². The maximum absolute atomic E-state index is 11.3. The van der Waals surface area contributed by atoms with Crippen LogP contribution in [0, 0.1) is 50.5 Å². The first kappa shape index (κ1) is 17.6. The molecular weight excluding hydrogens is 497 g/mol. The molecule has 15 heavy (non-hydrogen) atoms. The molecule has 75 valence electrons. The Labute approximate surface area is 180 Å². The van der Waals surface area contributed by atoms with Crippen molar-refractivity contribution in [1.29, 1.82) is 0 Å². The minimum atomic E-state index is -0.529. The molecule has 0 unspecified atom stereocenters. The zero-order valence-electron chi connectivity index (χ0n) is 9.28. The third-order valence-corrected chi connectivity index (χ3v) is 3.93. The molecule has 1 amide bonds. The van der Waals surface area contributed by atoms with E-state index in [4.69, 9.17) is 5.73 Å². The number of hydrogen-bond donors (Lipinski definition) is 0. The molecule has 1 saturated heterocycles. The van der Waals surface area contributed by atoms with Gasteiger partial charge in [0.1, 0.15) is 0 Å². The number of fused-ring (bicyclic) bond motifs is 1. The van der Waals surface area contributed by atoms with E-state index in [1.54, 1.807) is 16.7 Å². The second-order valence-corrected chi connectivity index (χ2v) is 4.39. The third-order valence-electron chi connectivity index (χ3n) is 2.63. The number of nitrogens with one attached hydrogen (secondary N) is 1. The van der Waals surface area contributed by atoms with E-state index < -0.39 is 6.04 Å². The molecule has 0 aromatic heterocycles. The van der Waals surface area contributed by atoms with Crippen molar-refractivity contribution < 1.29 is 107 Å². The number of carbonyl (C=O) groups excluding carboxylic acids is 1. The number of β-lactam (4-membered cyclic amide) rings is 1. The second kappa shape index (κ2) is 7.28. The first-order valence-corrected chi connectivity index (χ1v) is 5.36. The van der Waals surface area contributed by atoms with Crippen LogP contribution in [-0.2, 0) is 4.79 Å². The average molecular weight is 509 g/mol. The topological polar surface area (TPSA) is 44.1 Å². The summed E-state index contributed by atoms with van der Waals surface area (Å²) >= 11 is 1.69. The smallest absolute Gasteiger partial charge is 0.664 e. The molecule has 2 aliphatic rings. The Hall–Kier alpha value is 2.64. The van der Waals surface area contributed by atoms with Gasteiger partial charge in [-0.25, -0.2) is 6.42 Å². The zero-order valence-corrected chi connectivity index (χ0v) is 19.8. The van der Waals surface area contributed by atoms with Crippen LogP contribution < -0.4 is 58.2 Å². The number of thioether (sulfide) groups is 1. The molecule has 0 aromatic rings. The van der Waals surface area contributed by atoms with Crippen molar-refractivity contribution in [3.63, 3.8) is 0 Å². The van der Waals surface area contributed by atoms with Crippen molar-refractivity contribution in [2.24, 2.45) is 0 Å². The van der Waals surface area contributed by atoms with E-state index in [-0.39, 0.29) is 114 Å². The van der Waals surface area contributed by atoms with Crippen LogP contribution >= 0.6 is 11.8 Å². The van der Waals surface area contributed by atoms with Crippen LogP contribution in [0.15, 0.2) is 11.3 Å². The molecule has 0 saturated carbocycles. The summed E-state index contributed by atoms with van der Waals surface area (Å²) in [4.78, 5) is 13.1. The van der Waals surface area contributed by atoms with Crippen molar-refractivity contribution >= 4 is 17.7 Å². The molecule has 0 aromatic carbocycles. The number of amides is 1. The summed E-state index contributed by atoms with van der Waals surface area (Å²) in [5, 5.41) is 0.0798. The van der Waals surface area contributed by atoms with Crippen molar-refractivity contribution in [2.45, 2.75) is 25.3 Å². The van der Waals surface area contributed by atoms with Gasteiger partial charge in [-0.1, -0.05) is 6.92 Å². The number of hydrogen-bond acceptors (Lipinski definition) is 2. The number of nitrogens with zero attached hydrogens (tertiary/aromatic N) is 1. The van der Waals surface area contributed by atoms with Gasteiger partial charge >= 0.3 is 58.2 Å². The number of rotatable bonds is 1.